The molecular weight excluding hydrogens is 336 g/mol. The van der Waals surface area contributed by atoms with E-state index in [1.165, 1.54) is 25.9 Å². The summed E-state index contributed by atoms with van der Waals surface area (Å²) in [5.74, 6) is -0.0925. The number of Topliss-reactive ketones (excluding diaryl/α,β-unsaturated/α-hetero) is 1. The molecule has 1 heterocycles. The van der Waals surface area contributed by atoms with E-state index in [1.807, 2.05) is 42.5 Å². The third kappa shape index (κ3) is 3.86. The number of nitrogens with one attached hydrogen (secondary N) is 1. The van der Waals surface area contributed by atoms with Crippen LogP contribution in [0.1, 0.15) is 51.1 Å². The number of benzene rings is 2. The standard InChI is InChI=1S/C23H24N2O2/c26-22-20(15-17-7-2-1-3-8-17)19-10-9-18(16-21(19)22)23(27)24-11-6-14-25-12-4-5-13-25/h1-3,7-10,15-16H,4-6,11-14H2,(H,24,27)/b20-15+. The molecule has 1 saturated heterocycles. The molecule has 1 amide bonds. The van der Waals surface area contributed by atoms with Crippen molar-refractivity contribution in [1.82, 2.24) is 10.2 Å². The second-order valence-electron chi connectivity index (χ2n) is 7.22. The molecule has 0 spiro atoms. The summed E-state index contributed by atoms with van der Waals surface area (Å²) in [7, 11) is 0. The highest BCUT2D eigenvalue weighted by Crippen LogP contribution is 2.36. The van der Waals surface area contributed by atoms with E-state index in [0.717, 1.165) is 24.1 Å². The Labute approximate surface area is 159 Å². The molecule has 4 rings (SSSR count). The van der Waals surface area contributed by atoms with Crippen LogP contribution < -0.4 is 5.32 Å². The molecule has 0 saturated carbocycles. The summed E-state index contributed by atoms with van der Waals surface area (Å²) >= 11 is 0. The van der Waals surface area contributed by atoms with Gasteiger partial charge in [0.15, 0.2) is 5.78 Å². The first-order valence-corrected chi connectivity index (χ1v) is 9.69. The number of amides is 1. The number of hydrogen-bond acceptors (Lipinski definition) is 3. The number of carbonyl (C=O) groups is 2. The molecule has 27 heavy (non-hydrogen) atoms. The van der Waals surface area contributed by atoms with Gasteiger partial charge in [-0.05, 0) is 68.2 Å². The van der Waals surface area contributed by atoms with Gasteiger partial charge in [0.05, 0.1) is 0 Å². The fourth-order valence-corrected chi connectivity index (χ4v) is 3.79. The zero-order valence-electron chi connectivity index (χ0n) is 15.4. The SMILES string of the molecule is O=C(NCCCN1CCCC1)c1ccc2c(c1)C(=O)/C2=C/c1ccccc1. The van der Waals surface area contributed by atoms with Gasteiger partial charge in [-0.1, -0.05) is 36.4 Å². The van der Waals surface area contributed by atoms with E-state index in [4.69, 9.17) is 0 Å². The molecule has 1 aliphatic heterocycles. The number of rotatable bonds is 6. The Morgan fingerprint density at radius 2 is 1.81 bits per heavy atom. The predicted molar refractivity (Wildman–Crippen MR) is 108 cm³/mol. The molecular formula is C23H24N2O2. The molecule has 138 valence electrons. The minimum Gasteiger partial charge on any atom is -0.352 e. The summed E-state index contributed by atoms with van der Waals surface area (Å²) in [6.45, 7) is 4.07. The molecule has 0 radical (unpaired) electrons. The molecule has 2 aliphatic rings. The first-order valence-electron chi connectivity index (χ1n) is 9.69. The molecule has 0 atom stereocenters. The lowest BCUT2D eigenvalue weighted by molar-refractivity contribution is 0.0952. The number of nitrogens with zero attached hydrogens (tertiary/aromatic N) is 1. The number of allylic oxidation sites excluding steroid dienone is 1. The van der Waals surface area contributed by atoms with E-state index < -0.39 is 0 Å². The summed E-state index contributed by atoms with van der Waals surface area (Å²) in [6, 6.07) is 15.2. The van der Waals surface area contributed by atoms with Crippen LogP contribution >= 0.6 is 0 Å². The Morgan fingerprint density at radius 1 is 1.04 bits per heavy atom. The Bertz CT molecular complexity index is 881. The number of carbonyl (C=O) groups excluding carboxylic acids is 2. The van der Waals surface area contributed by atoms with E-state index in [1.54, 1.807) is 12.1 Å². The maximum absolute atomic E-state index is 12.4. The van der Waals surface area contributed by atoms with Gasteiger partial charge in [-0.3, -0.25) is 9.59 Å². The van der Waals surface area contributed by atoms with E-state index >= 15 is 0 Å². The monoisotopic (exact) mass is 360 g/mol. The average molecular weight is 360 g/mol. The Morgan fingerprint density at radius 3 is 2.59 bits per heavy atom. The summed E-state index contributed by atoms with van der Waals surface area (Å²) < 4.78 is 0. The van der Waals surface area contributed by atoms with Gasteiger partial charge in [-0.15, -0.1) is 0 Å². The highest BCUT2D eigenvalue weighted by atomic mass is 16.1. The maximum Gasteiger partial charge on any atom is 0.251 e. The summed E-state index contributed by atoms with van der Waals surface area (Å²) in [6.07, 6.45) is 5.44. The minimum absolute atomic E-state index is 0.0116. The minimum atomic E-state index is -0.104. The highest BCUT2D eigenvalue weighted by molar-refractivity contribution is 6.42. The molecule has 1 fully saturated rings. The largest absolute Gasteiger partial charge is 0.352 e. The van der Waals surface area contributed by atoms with Crippen LogP contribution in [0.25, 0.3) is 11.6 Å². The molecule has 2 aromatic rings. The van der Waals surface area contributed by atoms with Crippen LogP contribution in [0.5, 0.6) is 0 Å². The van der Waals surface area contributed by atoms with Gasteiger partial charge in [-0.2, -0.15) is 0 Å². The lowest BCUT2D eigenvalue weighted by Gasteiger charge is -2.22. The predicted octanol–water partition coefficient (Wildman–Crippen LogP) is 3.64. The molecule has 1 N–H and O–H groups in total. The molecule has 2 aromatic carbocycles. The van der Waals surface area contributed by atoms with Crippen LogP contribution in [0.15, 0.2) is 48.5 Å². The van der Waals surface area contributed by atoms with Crippen LogP contribution in [-0.2, 0) is 0 Å². The first kappa shape index (κ1) is 17.7. The zero-order chi connectivity index (χ0) is 18.6. The molecule has 4 nitrogen and oxygen atoms in total. The average Bonchev–Trinajstić information content (AvgIpc) is 3.23. The zero-order valence-corrected chi connectivity index (χ0v) is 15.4. The Kier molecular flexibility index (Phi) is 5.16. The van der Waals surface area contributed by atoms with Crippen LogP contribution in [-0.4, -0.2) is 42.8 Å². The van der Waals surface area contributed by atoms with Crippen molar-refractivity contribution in [1.29, 1.82) is 0 Å². The van der Waals surface area contributed by atoms with Gasteiger partial charge in [0, 0.05) is 23.2 Å². The topological polar surface area (TPSA) is 49.4 Å². The van der Waals surface area contributed by atoms with Crippen molar-refractivity contribution in [3.63, 3.8) is 0 Å². The van der Waals surface area contributed by atoms with Crippen LogP contribution in [0.4, 0.5) is 0 Å². The number of likely N-dealkylation sites (tertiary alicyclic amines) is 1. The Hall–Kier alpha value is -2.72. The van der Waals surface area contributed by atoms with Crippen molar-refractivity contribution in [3.8, 4) is 0 Å². The molecule has 0 bridgehead atoms. The smallest absolute Gasteiger partial charge is 0.251 e. The van der Waals surface area contributed by atoms with Gasteiger partial charge in [0.2, 0.25) is 0 Å². The third-order valence-electron chi connectivity index (χ3n) is 5.31. The van der Waals surface area contributed by atoms with Crippen molar-refractivity contribution in [2.45, 2.75) is 19.3 Å². The van der Waals surface area contributed by atoms with Gasteiger partial charge in [-0.25, -0.2) is 0 Å². The van der Waals surface area contributed by atoms with E-state index in [9.17, 15) is 9.59 Å². The fourth-order valence-electron chi connectivity index (χ4n) is 3.79. The quantitative estimate of drug-likeness (QED) is 0.632. The van der Waals surface area contributed by atoms with E-state index in [0.29, 0.717) is 23.2 Å². The normalized spacial score (nSPS) is 17.6. The molecule has 0 unspecified atom stereocenters. The van der Waals surface area contributed by atoms with Crippen LogP contribution in [0.2, 0.25) is 0 Å². The van der Waals surface area contributed by atoms with Crippen molar-refractivity contribution < 1.29 is 9.59 Å². The number of ketones is 1. The summed E-state index contributed by atoms with van der Waals surface area (Å²) in [5, 5.41) is 2.97. The summed E-state index contributed by atoms with van der Waals surface area (Å²) in [5.41, 5.74) is 3.85. The maximum atomic E-state index is 12.4. The summed E-state index contributed by atoms with van der Waals surface area (Å²) in [4.78, 5) is 27.2. The van der Waals surface area contributed by atoms with Crippen molar-refractivity contribution >= 4 is 23.3 Å². The van der Waals surface area contributed by atoms with Crippen molar-refractivity contribution in [2.75, 3.05) is 26.2 Å². The second kappa shape index (κ2) is 7.89. The van der Waals surface area contributed by atoms with Gasteiger partial charge >= 0.3 is 0 Å². The fraction of sp³-hybridized carbons (Fsp3) is 0.304. The first-order chi connectivity index (χ1) is 13.2. The molecule has 1 aliphatic carbocycles. The van der Waals surface area contributed by atoms with E-state index in [2.05, 4.69) is 10.2 Å². The second-order valence-corrected chi connectivity index (χ2v) is 7.22. The molecule has 0 aromatic heterocycles. The third-order valence-corrected chi connectivity index (χ3v) is 5.31. The number of fused-ring (bicyclic) bond motifs is 1. The van der Waals surface area contributed by atoms with Crippen LogP contribution in [0.3, 0.4) is 0 Å². The highest BCUT2D eigenvalue weighted by Gasteiger charge is 2.30. The Balaban J connectivity index is 1.36. The number of hydrogen-bond donors (Lipinski definition) is 1. The van der Waals surface area contributed by atoms with Crippen LogP contribution in [0, 0.1) is 0 Å². The van der Waals surface area contributed by atoms with E-state index in [-0.39, 0.29) is 11.7 Å². The lowest BCUT2D eigenvalue weighted by Crippen LogP contribution is -2.29. The van der Waals surface area contributed by atoms with Crippen molar-refractivity contribution in [2.24, 2.45) is 0 Å². The lowest BCUT2D eigenvalue weighted by atomic mass is 9.79. The van der Waals surface area contributed by atoms with Crippen molar-refractivity contribution in [3.05, 3.63) is 70.8 Å². The molecule has 4 heteroatoms. The van der Waals surface area contributed by atoms with Gasteiger partial charge in [0.25, 0.3) is 5.91 Å². The van der Waals surface area contributed by atoms with Gasteiger partial charge in [0.1, 0.15) is 0 Å². The van der Waals surface area contributed by atoms with Gasteiger partial charge < -0.3 is 10.2 Å².